The van der Waals surface area contributed by atoms with Gasteiger partial charge in [-0.1, -0.05) is 12.1 Å². The number of aromatic nitrogens is 1. The lowest BCUT2D eigenvalue weighted by atomic mass is 10.0. The molecule has 21 heavy (non-hydrogen) atoms. The van der Waals surface area contributed by atoms with E-state index in [2.05, 4.69) is 4.98 Å². The molecule has 0 amide bonds. The van der Waals surface area contributed by atoms with Gasteiger partial charge in [-0.15, -0.1) is 0 Å². The summed E-state index contributed by atoms with van der Waals surface area (Å²) >= 11 is 0. The van der Waals surface area contributed by atoms with Crippen LogP contribution in [-0.2, 0) is 4.79 Å². The molecule has 0 radical (unpaired) electrons. The van der Waals surface area contributed by atoms with Crippen molar-refractivity contribution >= 4 is 17.6 Å². The van der Waals surface area contributed by atoms with Crippen molar-refractivity contribution in [2.24, 2.45) is 0 Å². The van der Waals surface area contributed by atoms with E-state index in [1.807, 2.05) is 26.0 Å². The molecule has 1 heterocycles. The van der Waals surface area contributed by atoms with Gasteiger partial charge in [0.2, 0.25) is 0 Å². The largest absolute Gasteiger partial charge is 0.494 e. The molecule has 0 spiro atoms. The molecule has 0 unspecified atom stereocenters. The van der Waals surface area contributed by atoms with Crippen molar-refractivity contribution in [3.63, 3.8) is 0 Å². The average molecular weight is 283 g/mol. The molecule has 4 heteroatoms. The molecule has 0 atom stereocenters. The number of carboxylic acid groups (broad SMARTS) is 1. The van der Waals surface area contributed by atoms with E-state index in [9.17, 15) is 9.90 Å². The SMILES string of the molecule is CCOc1ccc(/C(=C/c2cccnc2)C(=O)O)cc1C. The minimum atomic E-state index is -0.970. The van der Waals surface area contributed by atoms with Crippen LogP contribution in [0.4, 0.5) is 0 Å². The standard InChI is InChI=1S/C17H17NO3/c1-3-21-16-7-6-14(9-12(16)2)15(17(19)20)10-13-5-4-8-18-11-13/h4-11H,3H2,1-2H3,(H,19,20)/b15-10-. The smallest absolute Gasteiger partial charge is 0.336 e. The van der Waals surface area contributed by atoms with Gasteiger partial charge < -0.3 is 9.84 Å². The van der Waals surface area contributed by atoms with Crippen LogP contribution in [0.5, 0.6) is 5.75 Å². The Morgan fingerprint density at radius 3 is 2.76 bits per heavy atom. The Labute approximate surface area is 123 Å². The van der Waals surface area contributed by atoms with Gasteiger partial charge in [0, 0.05) is 12.4 Å². The zero-order chi connectivity index (χ0) is 15.2. The lowest BCUT2D eigenvalue weighted by molar-refractivity contribution is -0.130. The van der Waals surface area contributed by atoms with Crippen molar-refractivity contribution in [2.45, 2.75) is 13.8 Å². The maximum Gasteiger partial charge on any atom is 0.336 e. The molecule has 0 aliphatic heterocycles. The summed E-state index contributed by atoms with van der Waals surface area (Å²) in [6.07, 6.45) is 4.90. The van der Waals surface area contributed by atoms with Crippen molar-refractivity contribution in [3.05, 3.63) is 59.4 Å². The highest BCUT2D eigenvalue weighted by Crippen LogP contribution is 2.25. The van der Waals surface area contributed by atoms with Crippen LogP contribution in [0.2, 0.25) is 0 Å². The van der Waals surface area contributed by atoms with Crippen LogP contribution in [0.15, 0.2) is 42.7 Å². The molecule has 0 saturated heterocycles. The minimum Gasteiger partial charge on any atom is -0.494 e. The third-order valence-corrected chi connectivity index (χ3v) is 3.01. The van der Waals surface area contributed by atoms with Crippen LogP contribution < -0.4 is 4.74 Å². The second-order valence-electron chi connectivity index (χ2n) is 4.56. The maximum atomic E-state index is 11.5. The molecule has 0 aliphatic rings. The average Bonchev–Trinajstić information content (AvgIpc) is 2.48. The van der Waals surface area contributed by atoms with Gasteiger partial charge >= 0.3 is 5.97 Å². The molecule has 1 aromatic carbocycles. The van der Waals surface area contributed by atoms with E-state index in [4.69, 9.17) is 4.74 Å². The molecule has 2 rings (SSSR count). The molecular formula is C17H17NO3. The first-order chi connectivity index (χ1) is 10.1. The molecule has 1 aromatic heterocycles. The third kappa shape index (κ3) is 3.69. The summed E-state index contributed by atoms with van der Waals surface area (Å²) in [6, 6.07) is 8.97. The Hall–Kier alpha value is -2.62. The summed E-state index contributed by atoms with van der Waals surface area (Å²) in [5.41, 5.74) is 2.54. The van der Waals surface area contributed by atoms with Crippen LogP contribution in [0.3, 0.4) is 0 Å². The van der Waals surface area contributed by atoms with Crippen LogP contribution in [-0.4, -0.2) is 22.7 Å². The number of rotatable bonds is 5. The number of aryl methyl sites for hydroxylation is 1. The summed E-state index contributed by atoms with van der Waals surface area (Å²) < 4.78 is 5.47. The fraction of sp³-hybridized carbons (Fsp3) is 0.176. The van der Waals surface area contributed by atoms with Crippen molar-refractivity contribution < 1.29 is 14.6 Å². The molecule has 1 N–H and O–H groups in total. The third-order valence-electron chi connectivity index (χ3n) is 3.01. The first-order valence-corrected chi connectivity index (χ1v) is 6.70. The van der Waals surface area contributed by atoms with Crippen LogP contribution in [0.25, 0.3) is 11.6 Å². The van der Waals surface area contributed by atoms with Crippen LogP contribution in [0.1, 0.15) is 23.6 Å². The topological polar surface area (TPSA) is 59.4 Å². The van der Waals surface area contributed by atoms with Crippen molar-refractivity contribution in [2.75, 3.05) is 6.61 Å². The number of benzene rings is 1. The normalized spacial score (nSPS) is 11.2. The fourth-order valence-corrected chi connectivity index (χ4v) is 2.03. The Balaban J connectivity index is 2.42. The lowest BCUT2D eigenvalue weighted by Crippen LogP contribution is -2.01. The van der Waals surface area contributed by atoms with Gasteiger partial charge in [-0.05, 0) is 54.8 Å². The van der Waals surface area contributed by atoms with E-state index in [1.54, 1.807) is 36.7 Å². The zero-order valence-corrected chi connectivity index (χ0v) is 12.0. The Kier molecular flexibility index (Phi) is 4.72. The second-order valence-corrected chi connectivity index (χ2v) is 4.56. The van der Waals surface area contributed by atoms with Gasteiger partial charge in [-0.25, -0.2) is 4.79 Å². The summed E-state index contributed by atoms with van der Waals surface area (Å²) in [4.78, 5) is 15.5. The van der Waals surface area contributed by atoms with E-state index >= 15 is 0 Å². The molecule has 0 saturated carbocycles. The van der Waals surface area contributed by atoms with E-state index < -0.39 is 5.97 Å². The monoisotopic (exact) mass is 283 g/mol. The zero-order valence-electron chi connectivity index (χ0n) is 12.0. The highest BCUT2D eigenvalue weighted by atomic mass is 16.5. The maximum absolute atomic E-state index is 11.5. The van der Waals surface area contributed by atoms with Gasteiger partial charge in [0.15, 0.2) is 0 Å². The molecule has 0 bridgehead atoms. The van der Waals surface area contributed by atoms with Crippen molar-refractivity contribution in [1.29, 1.82) is 0 Å². The van der Waals surface area contributed by atoms with Gasteiger partial charge in [-0.3, -0.25) is 4.98 Å². The van der Waals surface area contributed by atoms with E-state index in [-0.39, 0.29) is 5.57 Å². The van der Waals surface area contributed by atoms with Crippen LogP contribution in [0, 0.1) is 6.92 Å². The molecule has 0 fully saturated rings. The number of hydrogen-bond acceptors (Lipinski definition) is 3. The molecule has 108 valence electrons. The lowest BCUT2D eigenvalue weighted by Gasteiger charge is -2.09. The first-order valence-electron chi connectivity index (χ1n) is 6.70. The number of aliphatic carboxylic acids is 1. The second kappa shape index (κ2) is 6.70. The van der Waals surface area contributed by atoms with Gasteiger partial charge in [-0.2, -0.15) is 0 Å². The number of carbonyl (C=O) groups is 1. The van der Waals surface area contributed by atoms with Crippen LogP contribution >= 0.6 is 0 Å². The highest BCUT2D eigenvalue weighted by Gasteiger charge is 2.12. The quantitative estimate of drug-likeness (QED) is 0.854. The Morgan fingerprint density at radius 2 is 2.19 bits per heavy atom. The minimum absolute atomic E-state index is 0.231. The van der Waals surface area contributed by atoms with E-state index in [0.29, 0.717) is 12.2 Å². The van der Waals surface area contributed by atoms with Crippen molar-refractivity contribution in [3.8, 4) is 5.75 Å². The first kappa shape index (κ1) is 14.8. The van der Waals surface area contributed by atoms with Crippen molar-refractivity contribution in [1.82, 2.24) is 4.98 Å². The number of ether oxygens (including phenoxy) is 1. The Morgan fingerprint density at radius 1 is 1.38 bits per heavy atom. The molecular weight excluding hydrogens is 266 g/mol. The number of pyridine rings is 1. The van der Waals surface area contributed by atoms with Gasteiger partial charge in [0.25, 0.3) is 0 Å². The van der Waals surface area contributed by atoms with Gasteiger partial charge in [0.1, 0.15) is 5.75 Å². The molecule has 0 aliphatic carbocycles. The molecule has 4 nitrogen and oxygen atoms in total. The van der Waals surface area contributed by atoms with E-state index in [0.717, 1.165) is 16.9 Å². The van der Waals surface area contributed by atoms with Gasteiger partial charge in [0.05, 0.1) is 12.2 Å². The number of hydrogen-bond donors (Lipinski definition) is 1. The summed E-state index contributed by atoms with van der Waals surface area (Å²) in [6.45, 7) is 4.40. The summed E-state index contributed by atoms with van der Waals surface area (Å²) in [5.74, 6) is -0.199. The number of nitrogens with zero attached hydrogens (tertiary/aromatic N) is 1. The fourth-order valence-electron chi connectivity index (χ4n) is 2.03. The predicted molar refractivity (Wildman–Crippen MR) is 82.1 cm³/mol. The highest BCUT2D eigenvalue weighted by molar-refractivity contribution is 6.20. The van der Waals surface area contributed by atoms with E-state index in [1.165, 1.54) is 0 Å². The summed E-state index contributed by atoms with van der Waals surface area (Å²) in [7, 11) is 0. The molecule has 2 aromatic rings. The number of carboxylic acids is 1. The Bertz CT molecular complexity index is 663. The summed E-state index contributed by atoms with van der Waals surface area (Å²) in [5, 5.41) is 9.43. The predicted octanol–water partition coefficient (Wildman–Crippen LogP) is 3.41.